The number of carbonyl (C=O) groups is 1. The van der Waals surface area contributed by atoms with Gasteiger partial charge in [0.2, 0.25) is 0 Å². The van der Waals surface area contributed by atoms with E-state index in [-0.39, 0.29) is 23.7 Å². The lowest BCUT2D eigenvalue weighted by Gasteiger charge is -2.38. The highest BCUT2D eigenvalue weighted by molar-refractivity contribution is 6.33. The van der Waals surface area contributed by atoms with E-state index in [1.165, 1.54) is 23.1 Å². The van der Waals surface area contributed by atoms with Crippen molar-refractivity contribution in [3.05, 3.63) is 153 Å². The van der Waals surface area contributed by atoms with Gasteiger partial charge in [0, 0.05) is 30.9 Å². The molecule has 0 spiro atoms. The van der Waals surface area contributed by atoms with Crippen LogP contribution in [0.1, 0.15) is 36.5 Å². The number of nitro benzene ring substituents is 1. The second-order valence-electron chi connectivity index (χ2n) is 13.5. The summed E-state index contributed by atoms with van der Waals surface area (Å²) in [4.78, 5) is 26.9. The van der Waals surface area contributed by atoms with Crippen LogP contribution in [-0.4, -0.2) is 78.2 Å². The first-order chi connectivity index (χ1) is 27.6. The molecule has 1 unspecified atom stereocenters. The molecule has 2 N–H and O–H groups in total. The van der Waals surface area contributed by atoms with E-state index in [2.05, 4.69) is 15.1 Å². The zero-order chi connectivity index (χ0) is 40.5. The molecule has 1 saturated heterocycles. The number of nitro groups is 1. The molecule has 5 aromatic rings. The number of azo groups is 1. The van der Waals surface area contributed by atoms with Crippen molar-refractivity contribution in [3.63, 3.8) is 0 Å². The fourth-order valence-corrected chi connectivity index (χ4v) is 7.58. The number of anilines is 1. The first-order valence-electron chi connectivity index (χ1n) is 18.5. The summed E-state index contributed by atoms with van der Waals surface area (Å²) in [5, 5.41) is 41.5. The Bertz CT molecular complexity index is 2110. The number of hydrogen-bond donors (Lipinski definition) is 2. The summed E-state index contributed by atoms with van der Waals surface area (Å²) >= 11 is 6.16. The van der Waals surface area contributed by atoms with Gasteiger partial charge in [0.25, 0.3) is 5.69 Å². The molecule has 0 saturated carbocycles. The van der Waals surface area contributed by atoms with Crippen molar-refractivity contribution in [1.29, 1.82) is 0 Å². The molecular formula is C43H44ClN5O8. The number of ether oxygens (including phenoxy) is 3. The number of non-ortho nitro benzene ring substituents is 1. The Morgan fingerprint density at radius 3 is 2.02 bits per heavy atom. The fourth-order valence-electron chi connectivity index (χ4n) is 7.37. The van der Waals surface area contributed by atoms with Crippen molar-refractivity contribution in [1.82, 2.24) is 4.90 Å². The van der Waals surface area contributed by atoms with Crippen LogP contribution in [-0.2, 0) is 10.3 Å². The number of nitrogens with zero attached hydrogens (tertiary/aromatic N) is 5. The number of likely N-dealkylation sites (tertiary alicyclic amines) is 1. The van der Waals surface area contributed by atoms with E-state index < -0.39 is 34.8 Å². The molecular weight excluding hydrogens is 750 g/mol. The average molecular weight is 794 g/mol. The highest BCUT2D eigenvalue weighted by Crippen LogP contribution is 2.43. The van der Waals surface area contributed by atoms with Gasteiger partial charge in [-0.3, -0.25) is 15.0 Å². The van der Waals surface area contributed by atoms with Gasteiger partial charge in [-0.05, 0) is 91.1 Å². The predicted molar refractivity (Wildman–Crippen MR) is 218 cm³/mol. The molecule has 14 heteroatoms. The number of halogens is 1. The van der Waals surface area contributed by atoms with E-state index in [4.69, 9.17) is 25.8 Å². The number of amides is 1. The van der Waals surface area contributed by atoms with Crippen LogP contribution in [0.2, 0.25) is 5.02 Å². The van der Waals surface area contributed by atoms with E-state index in [0.717, 1.165) is 22.4 Å². The van der Waals surface area contributed by atoms with Gasteiger partial charge in [-0.2, -0.15) is 5.11 Å². The molecule has 0 aromatic heterocycles. The van der Waals surface area contributed by atoms with Gasteiger partial charge >= 0.3 is 6.09 Å². The topological polar surface area (TPSA) is 160 Å². The second-order valence-corrected chi connectivity index (χ2v) is 13.9. The first-order valence-corrected chi connectivity index (χ1v) is 18.8. The second kappa shape index (κ2) is 18.3. The zero-order valence-corrected chi connectivity index (χ0v) is 32.5. The van der Waals surface area contributed by atoms with Crippen molar-refractivity contribution in [2.24, 2.45) is 10.2 Å². The smallest absolute Gasteiger partial charge is 0.407 e. The Kier molecular flexibility index (Phi) is 13.0. The molecule has 0 bridgehead atoms. The van der Waals surface area contributed by atoms with E-state index >= 15 is 0 Å². The third kappa shape index (κ3) is 9.01. The Hall–Kier alpha value is -6.02. The summed E-state index contributed by atoms with van der Waals surface area (Å²) in [5.41, 5.74) is 2.93. The Balaban J connectivity index is 1.20. The highest BCUT2D eigenvalue weighted by atomic mass is 35.5. The van der Waals surface area contributed by atoms with Gasteiger partial charge in [-0.25, -0.2) is 4.79 Å². The summed E-state index contributed by atoms with van der Waals surface area (Å²) in [6, 6.07) is 35.0. The third-order valence-electron chi connectivity index (χ3n) is 10.3. The first kappa shape index (κ1) is 40.6. The number of aliphatic hydroxyl groups excluding tert-OH is 1. The summed E-state index contributed by atoms with van der Waals surface area (Å²) in [6.45, 7) is 3.11. The Morgan fingerprint density at radius 1 is 0.895 bits per heavy atom. The molecule has 57 heavy (non-hydrogen) atoms. The molecule has 13 nitrogen and oxygen atoms in total. The van der Waals surface area contributed by atoms with Gasteiger partial charge in [0.05, 0.1) is 54.6 Å². The summed E-state index contributed by atoms with van der Waals surface area (Å²) in [6.07, 6.45) is -1.46. The molecule has 1 aliphatic rings. The lowest BCUT2D eigenvalue weighted by Crippen LogP contribution is -2.47. The van der Waals surface area contributed by atoms with Gasteiger partial charge in [-0.1, -0.05) is 66.2 Å². The molecule has 296 valence electrons. The van der Waals surface area contributed by atoms with Crippen LogP contribution >= 0.6 is 11.6 Å². The van der Waals surface area contributed by atoms with Crippen molar-refractivity contribution >= 4 is 40.4 Å². The molecule has 1 aliphatic heterocycles. The van der Waals surface area contributed by atoms with Crippen LogP contribution in [0, 0.1) is 10.1 Å². The molecule has 1 heterocycles. The molecule has 3 atom stereocenters. The van der Waals surface area contributed by atoms with Crippen LogP contribution in [0.25, 0.3) is 0 Å². The molecule has 1 fully saturated rings. The zero-order valence-electron chi connectivity index (χ0n) is 31.8. The van der Waals surface area contributed by atoms with E-state index in [1.807, 2.05) is 97.9 Å². The standard InChI is InChI=1S/C43H44ClN5O8/c1-4-47(33-16-14-32(15-17-33)45-46-39-23-18-34(49(53)54)26-38(39)44)25-24-40-41(50)27-35(48(40)42(51)52)28-57-43(29-8-6-5-7-9-29,30-10-19-36(55-2)20-11-30)31-12-21-37(56-3)22-13-31/h5-23,26,35,40-41,50H,4,24-25,27-28H2,1-3H3,(H,51,52)/t35-,40?,41+/m0/s1. The molecule has 6 rings (SSSR count). The number of benzene rings is 5. The van der Waals surface area contributed by atoms with Crippen LogP contribution in [0.3, 0.4) is 0 Å². The predicted octanol–water partition coefficient (Wildman–Crippen LogP) is 9.39. The molecule has 5 aromatic carbocycles. The number of carboxylic acid groups (broad SMARTS) is 1. The maximum Gasteiger partial charge on any atom is 0.407 e. The fraction of sp³-hybridized carbons (Fsp3) is 0.279. The van der Waals surface area contributed by atoms with E-state index in [0.29, 0.717) is 42.4 Å². The van der Waals surface area contributed by atoms with Crippen LogP contribution in [0.15, 0.2) is 132 Å². The maximum atomic E-state index is 13.0. The van der Waals surface area contributed by atoms with Crippen LogP contribution in [0.5, 0.6) is 11.5 Å². The normalized spacial score (nSPS) is 16.8. The Morgan fingerprint density at radius 2 is 1.49 bits per heavy atom. The summed E-state index contributed by atoms with van der Waals surface area (Å²) in [5.74, 6) is 1.36. The SMILES string of the molecule is CCN(CCC1[C@H](O)C[C@@H](COC(c2ccccc2)(c2ccc(OC)cc2)c2ccc(OC)cc2)N1C(=O)O)c1ccc(N=Nc2ccc([N+](=O)[O-])cc2Cl)cc1. The summed E-state index contributed by atoms with van der Waals surface area (Å²) in [7, 11) is 3.21. The number of aliphatic hydroxyl groups is 1. The lowest BCUT2D eigenvalue weighted by atomic mass is 9.80. The van der Waals surface area contributed by atoms with E-state index in [9.17, 15) is 25.1 Å². The summed E-state index contributed by atoms with van der Waals surface area (Å²) < 4.78 is 18.0. The van der Waals surface area contributed by atoms with Crippen molar-refractivity contribution in [2.45, 2.75) is 43.6 Å². The monoisotopic (exact) mass is 793 g/mol. The molecule has 0 aliphatic carbocycles. The minimum absolute atomic E-state index is 0.00536. The number of rotatable bonds is 16. The van der Waals surface area contributed by atoms with Crippen molar-refractivity contribution in [3.8, 4) is 11.5 Å². The quantitative estimate of drug-likeness (QED) is 0.0429. The van der Waals surface area contributed by atoms with Gasteiger partial charge < -0.3 is 29.3 Å². The van der Waals surface area contributed by atoms with Gasteiger partial charge in [-0.15, -0.1) is 5.11 Å². The largest absolute Gasteiger partial charge is 0.497 e. The molecule has 0 radical (unpaired) electrons. The average Bonchev–Trinajstić information content (AvgIpc) is 3.56. The minimum atomic E-state index is -1.15. The molecule has 1 amide bonds. The minimum Gasteiger partial charge on any atom is -0.497 e. The number of hydrogen-bond acceptors (Lipinski definition) is 10. The van der Waals surface area contributed by atoms with E-state index in [1.54, 1.807) is 26.4 Å². The highest BCUT2D eigenvalue weighted by Gasteiger charge is 2.46. The van der Waals surface area contributed by atoms with Gasteiger partial charge in [0.15, 0.2) is 0 Å². The Labute approximate surface area is 335 Å². The van der Waals surface area contributed by atoms with Crippen molar-refractivity contribution in [2.75, 3.05) is 38.8 Å². The van der Waals surface area contributed by atoms with Crippen LogP contribution < -0.4 is 14.4 Å². The van der Waals surface area contributed by atoms with Crippen LogP contribution in [0.4, 0.5) is 27.5 Å². The third-order valence-corrected chi connectivity index (χ3v) is 10.6. The lowest BCUT2D eigenvalue weighted by molar-refractivity contribution is -0.384. The number of methoxy groups -OCH3 is 2. The van der Waals surface area contributed by atoms with Crippen molar-refractivity contribution < 1.29 is 34.1 Å². The van der Waals surface area contributed by atoms with Gasteiger partial charge in [0.1, 0.15) is 22.8 Å². The maximum absolute atomic E-state index is 13.0.